The van der Waals surface area contributed by atoms with Gasteiger partial charge in [0.25, 0.3) is 0 Å². The Bertz CT molecular complexity index is 420. The highest BCUT2D eigenvalue weighted by atomic mass is 35.5. The van der Waals surface area contributed by atoms with Crippen molar-refractivity contribution in [1.29, 1.82) is 0 Å². The van der Waals surface area contributed by atoms with Gasteiger partial charge in [0.05, 0.1) is 0 Å². The fourth-order valence-corrected chi connectivity index (χ4v) is 1.77. The van der Waals surface area contributed by atoms with Gasteiger partial charge in [-0.05, 0) is 24.4 Å². The molecule has 14 heavy (non-hydrogen) atoms. The number of hydrogen-bond acceptors (Lipinski definition) is 1. The zero-order valence-corrected chi connectivity index (χ0v) is 9.05. The molecule has 1 aromatic carbocycles. The summed E-state index contributed by atoms with van der Waals surface area (Å²) in [5, 5.41) is 1.30. The fourth-order valence-electron chi connectivity index (χ4n) is 1.77. The molecule has 0 radical (unpaired) electrons. The second-order valence-corrected chi connectivity index (χ2v) is 3.28. The van der Waals surface area contributed by atoms with Gasteiger partial charge in [-0.25, -0.2) is 0 Å². The van der Waals surface area contributed by atoms with Crippen LogP contribution in [0, 0.1) is 6.92 Å². The minimum atomic E-state index is 0. The van der Waals surface area contributed by atoms with Crippen LogP contribution >= 0.6 is 12.4 Å². The van der Waals surface area contributed by atoms with Crippen molar-refractivity contribution in [2.24, 2.45) is 5.73 Å². The summed E-state index contributed by atoms with van der Waals surface area (Å²) >= 11 is 0. The number of aryl methyl sites for hydroxylation is 1. The molecule has 0 aliphatic rings. The number of hydrogen-bond donors (Lipinski definition) is 1. The predicted molar refractivity (Wildman–Crippen MR) is 63.0 cm³/mol. The Balaban J connectivity index is 0.000000980. The van der Waals surface area contributed by atoms with Crippen molar-refractivity contribution in [2.45, 2.75) is 13.5 Å². The van der Waals surface area contributed by atoms with Crippen LogP contribution in [0.4, 0.5) is 0 Å². The van der Waals surface area contributed by atoms with E-state index in [4.69, 9.17) is 5.73 Å². The zero-order valence-electron chi connectivity index (χ0n) is 8.23. The lowest BCUT2D eigenvalue weighted by Gasteiger charge is -2.05. The second kappa shape index (κ2) is 4.49. The van der Waals surface area contributed by atoms with Crippen molar-refractivity contribution in [3.63, 3.8) is 0 Å². The Morgan fingerprint density at radius 1 is 1.29 bits per heavy atom. The Hall–Kier alpha value is -0.990. The topological polar surface area (TPSA) is 30.9 Å². The van der Waals surface area contributed by atoms with Gasteiger partial charge >= 0.3 is 0 Å². The number of rotatable bonds is 2. The molecule has 1 aromatic heterocycles. The second-order valence-electron chi connectivity index (χ2n) is 3.28. The summed E-state index contributed by atoms with van der Waals surface area (Å²) in [4.78, 5) is 0. The first-order valence-corrected chi connectivity index (χ1v) is 4.58. The van der Waals surface area contributed by atoms with Gasteiger partial charge in [-0.2, -0.15) is 0 Å². The largest absolute Gasteiger partial charge is 0.344 e. The smallest absolute Gasteiger partial charge is 0.0482 e. The van der Waals surface area contributed by atoms with Gasteiger partial charge in [-0.15, -0.1) is 12.4 Å². The molecule has 0 saturated heterocycles. The molecule has 0 unspecified atom stereocenters. The lowest BCUT2D eigenvalue weighted by Crippen LogP contribution is -2.10. The van der Waals surface area contributed by atoms with Gasteiger partial charge in [-0.3, -0.25) is 0 Å². The summed E-state index contributed by atoms with van der Waals surface area (Å²) in [7, 11) is 0. The molecule has 0 amide bonds. The third-order valence-electron chi connectivity index (χ3n) is 2.37. The van der Waals surface area contributed by atoms with E-state index in [-0.39, 0.29) is 12.4 Å². The van der Waals surface area contributed by atoms with Crippen LogP contribution in [0.15, 0.2) is 30.3 Å². The number of benzene rings is 1. The number of para-hydroxylation sites is 1. The van der Waals surface area contributed by atoms with E-state index in [1.54, 1.807) is 0 Å². The van der Waals surface area contributed by atoms with Gasteiger partial charge in [-0.1, -0.05) is 18.2 Å². The lowest BCUT2D eigenvalue weighted by atomic mass is 10.2. The maximum atomic E-state index is 5.56. The first kappa shape index (κ1) is 11.1. The minimum absolute atomic E-state index is 0. The molecule has 0 aliphatic heterocycles. The van der Waals surface area contributed by atoms with E-state index in [0.29, 0.717) is 6.54 Å². The van der Waals surface area contributed by atoms with Gasteiger partial charge in [0.15, 0.2) is 0 Å². The zero-order chi connectivity index (χ0) is 9.26. The molecule has 0 atom stereocenters. The van der Waals surface area contributed by atoms with E-state index in [1.165, 1.54) is 16.6 Å². The van der Waals surface area contributed by atoms with E-state index < -0.39 is 0 Å². The average Bonchev–Trinajstić information content (AvgIpc) is 2.44. The van der Waals surface area contributed by atoms with Crippen LogP contribution in [0.3, 0.4) is 0 Å². The van der Waals surface area contributed by atoms with Crippen LogP contribution in [-0.4, -0.2) is 11.1 Å². The number of nitrogens with two attached hydrogens (primary N) is 1. The molecule has 2 N–H and O–H groups in total. The van der Waals surface area contributed by atoms with Crippen LogP contribution < -0.4 is 5.73 Å². The highest BCUT2D eigenvalue weighted by Gasteiger charge is 2.02. The summed E-state index contributed by atoms with van der Waals surface area (Å²) < 4.78 is 2.26. The molecule has 0 spiro atoms. The summed E-state index contributed by atoms with van der Waals surface area (Å²) in [5.41, 5.74) is 8.13. The van der Waals surface area contributed by atoms with Crippen molar-refractivity contribution in [3.05, 3.63) is 36.0 Å². The number of aromatic nitrogens is 1. The van der Waals surface area contributed by atoms with Crippen LogP contribution in [0.2, 0.25) is 0 Å². The molecule has 2 aromatic rings. The van der Waals surface area contributed by atoms with E-state index in [0.717, 1.165) is 6.54 Å². The predicted octanol–water partition coefficient (Wildman–Crippen LogP) is 2.33. The Labute approximate surface area is 90.1 Å². The molecule has 0 aliphatic carbocycles. The van der Waals surface area contributed by atoms with Gasteiger partial charge in [0.1, 0.15) is 0 Å². The third kappa shape index (κ3) is 1.76. The average molecular weight is 211 g/mol. The van der Waals surface area contributed by atoms with Gasteiger partial charge in [0.2, 0.25) is 0 Å². The van der Waals surface area contributed by atoms with Gasteiger partial charge < -0.3 is 10.3 Å². The highest BCUT2D eigenvalue weighted by Crippen LogP contribution is 2.18. The van der Waals surface area contributed by atoms with E-state index in [2.05, 4.69) is 41.8 Å². The van der Waals surface area contributed by atoms with Crippen molar-refractivity contribution in [1.82, 2.24) is 4.57 Å². The molecule has 1 heterocycles. The Kier molecular flexibility index (Phi) is 3.55. The normalized spacial score (nSPS) is 10.1. The first-order chi connectivity index (χ1) is 6.33. The van der Waals surface area contributed by atoms with Crippen LogP contribution in [0.25, 0.3) is 10.9 Å². The van der Waals surface area contributed by atoms with Gasteiger partial charge in [0, 0.05) is 24.3 Å². The molecule has 3 heteroatoms. The maximum absolute atomic E-state index is 5.56. The summed E-state index contributed by atoms with van der Waals surface area (Å²) in [6.45, 7) is 3.72. The van der Waals surface area contributed by atoms with E-state index >= 15 is 0 Å². The fraction of sp³-hybridized carbons (Fsp3) is 0.273. The van der Waals surface area contributed by atoms with Crippen LogP contribution in [0.5, 0.6) is 0 Å². The molecule has 0 saturated carbocycles. The Morgan fingerprint density at radius 3 is 2.71 bits per heavy atom. The van der Waals surface area contributed by atoms with Crippen molar-refractivity contribution < 1.29 is 0 Å². The van der Waals surface area contributed by atoms with E-state index in [9.17, 15) is 0 Å². The maximum Gasteiger partial charge on any atom is 0.0482 e. The van der Waals surface area contributed by atoms with Crippen LogP contribution in [0.1, 0.15) is 5.69 Å². The highest BCUT2D eigenvalue weighted by molar-refractivity contribution is 5.85. The monoisotopic (exact) mass is 210 g/mol. The molecular formula is C11H15ClN2. The SMILES string of the molecule is Cc1cc2ccccc2n1CCN.Cl. The van der Waals surface area contributed by atoms with E-state index in [1.807, 2.05) is 0 Å². The molecule has 2 rings (SSSR count). The molecule has 0 bridgehead atoms. The molecule has 76 valence electrons. The lowest BCUT2D eigenvalue weighted by molar-refractivity contribution is 0.715. The molecule has 0 fully saturated rings. The molecular weight excluding hydrogens is 196 g/mol. The minimum Gasteiger partial charge on any atom is -0.344 e. The number of fused-ring (bicyclic) bond motifs is 1. The number of halogens is 1. The number of nitrogens with zero attached hydrogens (tertiary/aromatic N) is 1. The Morgan fingerprint density at radius 2 is 2.00 bits per heavy atom. The van der Waals surface area contributed by atoms with Crippen molar-refractivity contribution >= 4 is 23.3 Å². The first-order valence-electron chi connectivity index (χ1n) is 4.58. The van der Waals surface area contributed by atoms with Crippen molar-refractivity contribution in [2.75, 3.05) is 6.54 Å². The van der Waals surface area contributed by atoms with Crippen molar-refractivity contribution in [3.8, 4) is 0 Å². The van der Waals surface area contributed by atoms with Crippen LogP contribution in [-0.2, 0) is 6.54 Å². The standard InChI is InChI=1S/C11H14N2.ClH/c1-9-8-10-4-2-3-5-11(10)13(9)7-6-12;/h2-5,8H,6-7,12H2,1H3;1H. The summed E-state index contributed by atoms with van der Waals surface area (Å²) in [6, 6.07) is 10.6. The molecule has 2 nitrogen and oxygen atoms in total. The summed E-state index contributed by atoms with van der Waals surface area (Å²) in [5.74, 6) is 0. The summed E-state index contributed by atoms with van der Waals surface area (Å²) in [6.07, 6.45) is 0. The third-order valence-corrected chi connectivity index (χ3v) is 2.37. The quantitative estimate of drug-likeness (QED) is 0.811.